The highest BCUT2D eigenvalue weighted by atomic mass is 32.2. The lowest BCUT2D eigenvalue weighted by atomic mass is 10.1. The van der Waals surface area contributed by atoms with Gasteiger partial charge in [0.2, 0.25) is 10.0 Å². The second-order valence-electron chi connectivity index (χ2n) is 5.71. The number of nitrogens with two attached hydrogens (primary N) is 1. The highest BCUT2D eigenvalue weighted by Gasteiger charge is 2.26. The summed E-state index contributed by atoms with van der Waals surface area (Å²) in [5.41, 5.74) is 6.46. The number of likely N-dealkylation sites (tertiary alicyclic amines) is 1. The van der Waals surface area contributed by atoms with E-state index in [0.717, 1.165) is 19.6 Å². The van der Waals surface area contributed by atoms with E-state index in [9.17, 15) is 8.42 Å². The zero-order valence-electron chi connectivity index (χ0n) is 12.7. The molecule has 0 saturated carbocycles. The molecule has 1 aromatic heterocycles. The smallest absolute Gasteiger partial charge is 0.244 e. The summed E-state index contributed by atoms with van der Waals surface area (Å²) >= 11 is 0. The minimum absolute atomic E-state index is 0.0983. The first-order valence-corrected chi connectivity index (χ1v) is 8.91. The fourth-order valence-corrected chi connectivity index (χ4v) is 4.46. The molecule has 1 saturated heterocycles. The molecule has 1 aliphatic heterocycles. The second-order valence-corrected chi connectivity index (χ2v) is 7.36. The minimum Gasteiger partial charge on any atom is -0.325 e. The summed E-state index contributed by atoms with van der Waals surface area (Å²) in [4.78, 5) is 2.50. The minimum atomic E-state index is -3.59. The van der Waals surface area contributed by atoms with Crippen LogP contribution in [0.4, 0.5) is 0 Å². The molecule has 1 aromatic rings. The highest BCUT2D eigenvalue weighted by Crippen LogP contribution is 2.17. The molecule has 1 unspecified atom stereocenters. The van der Waals surface area contributed by atoms with Crippen molar-refractivity contribution in [3.63, 3.8) is 0 Å². The van der Waals surface area contributed by atoms with E-state index in [1.165, 1.54) is 19.3 Å². The zero-order chi connectivity index (χ0) is 15.5. The molecule has 2 rings (SSSR count). The number of piperidine rings is 1. The molecule has 4 N–H and O–H groups in total. The summed E-state index contributed by atoms with van der Waals surface area (Å²) < 4.78 is 27.7. The standard InChI is InChI=1S/C13H25N5O2S/c1-10(9-18-6-4-3-5-7-18)17-21(19,20)13-11(2)15-16-12(13)8-14/h10,17H,3-9,14H2,1-2H3,(H,15,16). The van der Waals surface area contributed by atoms with Crippen molar-refractivity contribution in [2.24, 2.45) is 5.73 Å². The van der Waals surface area contributed by atoms with Crippen LogP contribution >= 0.6 is 0 Å². The molecule has 0 aliphatic carbocycles. The average molecular weight is 315 g/mol. The predicted molar refractivity (Wildman–Crippen MR) is 81.3 cm³/mol. The number of nitrogens with zero attached hydrogens (tertiary/aromatic N) is 2. The van der Waals surface area contributed by atoms with Gasteiger partial charge in [0.15, 0.2) is 0 Å². The Bertz CT molecular complexity index is 563. The van der Waals surface area contributed by atoms with Crippen molar-refractivity contribution in [3.8, 4) is 0 Å². The molecular formula is C13H25N5O2S. The van der Waals surface area contributed by atoms with Gasteiger partial charge in [-0.1, -0.05) is 6.42 Å². The van der Waals surface area contributed by atoms with Crippen LogP contribution in [0.1, 0.15) is 37.6 Å². The quantitative estimate of drug-likeness (QED) is 0.702. The Labute approximate surface area is 126 Å². The van der Waals surface area contributed by atoms with Crippen molar-refractivity contribution in [2.75, 3.05) is 19.6 Å². The molecule has 0 radical (unpaired) electrons. The van der Waals surface area contributed by atoms with Gasteiger partial charge in [0, 0.05) is 19.1 Å². The third kappa shape index (κ3) is 4.03. The number of aromatic nitrogens is 2. The van der Waals surface area contributed by atoms with Gasteiger partial charge in [-0.2, -0.15) is 5.10 Å². The van der Waals surface area contributed by atoms with E-state index in [-0.39, 0.29) is 17.5 Å². The molecule has 2 heterocycles. The number of H-pyrrole nitrogens is 1. The van der Waals surface area contributed by atoms with Crippen molar-refractivity contribution in [1.82, 2.24) is 19.8 Å². The molecule has 8 heteroatoms. The largest absolute Gasteiger partial charge is 0.325 e. The SMILES string of the molecule is Cc1[nH]nc(CN)c1S(=O)(=O)NC(C)CN1CCCCC1. The van der Waals surface area contributed by atoms with E-state index < -0.39 is 10.0 Å². The van der Waals surface area contributed by atoms with Crippen LogP contribution in [-0.2, 0) is 16.6 Å². The Balaban J connectivity index is 2.04. The Morgan fingerprint density at radius 3 is 2.67 bits per heavy atom. The van der Waals surface area contributed by atoms with Crippen LogP contribution < -0.4 is 10.5 Å². The fraction of sp³-hybridized carbons (Fsp3) is 0.769. The van der Waals surface area contributed by atoms with Gasteiger partial charge in [-0.05, 0) is 39.8 Å². The van der Waals surface area contributed by atoms with Crippen LogP contribution in [0.5, 0.6) is 0 Å². The zero-order valence-corrected chi connectivity index (χ0v) is 13.5. The van der Waals surface area contributed by atoms with Crippen LogP contribution in [0.15, 0.2) is 4.90 Å². The summed E-state index contributed by atoms with van der Waals surface area (Å²) in [6.07, 6.45) is 3.65. The van der Waals surface area contributed by atoms with Crippen molar-refractivity contribution in [1.29, 1.82) is 0 Å². The average Bonchev–Trinajstić information content (AvgIpc) is 2.81. The number of hydrogen-bond acceptors (Lipinski definition) is 5. The summed E-state index contributed by atoms with van der Waals surface area (Å²) in [7, 11) is -3.59. The molecule has 120 valence electrons. The normalized spacial score (nSPS) is 18.8. The lowest BCUT2D eigenvalue weighted by Crippen LogP contribution is -2.43. The molecule has 7 nitrogen and oxygen atoms in total. The number of nitrogens with one attached hydrogen (secondary N) is 2. The Kier molecular flexibility index (Phi) is 5.37. The van der Waals surface area contributed by atoms with E-state index >= 15 is 0 Å². The molecule has 21 heavy (non-hydrogen) atoms. The lowest BCUT2D eigenvalue weighted by Gasteiger charge is -2.29. The first-order valence-electron chi connectivity index (χ1n) is 7.42. The molecule has 0 bridgehead atoms. The summed E-state index contributed by atoms with van der Waals surface area (Å²) in [5, 5.41) is 6.63. The van der Waals surface area contributed by atoms with Gasteiger partial charge in [0.1, 0.15) is 4.90 Å². The van der Waals surface area contributed by atoms with Gasteiger partial charge in [-0.25, -0.2) is 13.1 Å². The molecule has 0 amide bonds. The molecule has 0 aromatic carbocycles. The third-order valence-corrected chi connectivity index (χ3v) is 5.55. The van der Waals surface area contributed by atoms with Crippen molar-refractivity contribution in [2.45, 2.75) is 50.6 Å². The van der Waals surface area contributed by atoms with E-state index in [1.54, 1.807) is 6.92 Å². The number of hydrogen-bond donors (Lipinski definition) is 3. The lowest BCUT2D eigenvalue weighted by molar-refractivity contribution is 0.215. The van der Waals surface area contributed by atoms with Gasteiger partial charge >= 0.3 is 0 Å². The van der Waals surface area contributed by atoms with Crippen LogP contribution in [0.2, 0.25) is 0 Å². The Morgan fingerprint density at radius 1 is 1.38 bits per heavy atom. The van der Waals surface area contributed by atoms with Crippen molar-refractivity contribution in [3.05, 3.63) is 11.4 Å². The first-order chi connectivity index (χ1) is 9.94. The third-order valence-electron chi connectivity index (χ3n) is 3.76. The van der Waals surface area contributed by atoms with Gasteiger partial charge < -0.3 is 10.6 Å². The van der Waals surface area contributed by atoms with E-state index in [1.807, 2.05) is 6.92 Å². The van der Waals surface area contributed by atoms with E-state index in [2.05, 4.69) is 19.8 Å². The van der Waals surface area contributed by atoms with Crippen LogP contribution in [0.3, 0.4) is 0 Å². The van der Waals surface area contributed by atoms with Crippen molar-refractivity contribution < 1.29 is 8.42 Å². The monoisotopic (exact) mass is 315 g/mol. The highest BCUT2D eigenvalue weighted by molar-refractivity contribution is 7.89. The van der Waals surface area contributed by atoms with Gasteiger partial charge in [0.25, 0.3) is 0 Å². The van der Waals surface area contributed by atoms with Crippen molar-refractivity contribution >= 4 is 10.0 Å². The predicted octanol–water partition coefficient (Wildman–Crippen LogP) is 0.330. The maximum atomic E-state index is 12.5. The summed E-state index contributed by atoms with van der Waals surface area (Å²) in [6.45, 7) is 6.50. The van der Waals surface area contributed by atoms with E-state index in [0.29, 0.717) is 11.4 Å². The maximum absolute atomic E-state index is 12.5. The first kappa shape index (κ1) is 16.4. The molecule has 0 spiro atoms. The van der Waals surface area contributed by atoms with Gasteiger partial charge in [-0.15, -0.1) is 0 Å². The van der Waals surface area contributed by atoms with Crippen LogP contribution in [-0.4, -0.2) is 49.2 Å². The second kappa shape index (κ2) is 6.87. The topological polar surface area (TPSA) is 104 Å². The van der Waals surface area contributed by atoms with Crippen LogP contribution in [0.25, 0.3) is 0 Å². The molecular weight excluding hydrogens is 290 g/mol. The Hall–Kier alpha value is -0.960. The van der Waals surface area contributed by atoms with Gasteiger partial charge in [0.05, 0.1) is 11.4 Å². The molecule has 1 aliphatic rings. The fourth-order valence-electron chi connectivity index (χ4n) is 2.85. The number of rotatable bonds is 6. The van der Waals surface area contributed by atoms with E-state index in [4.69, 9.17) is 5.73 Å². The number of sulfonamides is 1. The maximum Gasteiger partial charge on any atom is 0.244 e. The molecule has 1 atom stereocenters. The van der Waals surface area contributed by atoms with Crippen LogP contribution in [0, 0.1) is 6.92 Å². The summed E-state index contributed by atoms with van der Waals surface area (Å²) in [6, 6.07) is -0.145. The Morgan fingerprint density at radius 2 is 2.05 bits per heavy atom. The molecule has 1 fully saturated rings. The number of aromatic amines is 1. The number of aryl methyl sites for hydroxylation is 1. The summed E-state index contributed by atoms with van der Waals surface area (Å²) in [5.74, 6) is 0. The van der Waals surface area contributed by atoms with Gasteiger partial charge in [-0.3, -0.25) is 5.10 Å².